The predicted molar refractivity (Wildman–Crippen MR) is 68.3 cm³/mol. The molecule has 0 spiro atoms. The molecular weight excluding hydrogens is 252 g/mol. The Hall–Kier alpha value is -2.14. The minimum absolute atomic E-state index is 0.0325. The Morgan fingerprint density at radius 3 is 2.53 bits per heavy atom. The highest BCUT2D eigenvalue weighted by atomic mass is 19.3. The summed E-state index contributed by atoms with van der Waals surface area (Å²) >= 11 is 0. The molecule has 2 aromatic carbocycles. The lowest BCUT2D eigenvalue weighted by molar-refractivity contribution is 0.148. The van der Waals surface area contributed by atoms with E-state index in [1.807, 2.05) is 0 Å². The van der Waals surface area contributed by atoms with E-state index in [1.54, 1.807) is 24.3 Å². The fraction of sp³-hybridized carbons (Fsp3) is 0.143. The monoisotopic (exact) mass is 265 g/mol. The van der Waals surface area contributed by atoms with Crippen LogP contribution >= 0.6 is 0 Å². The normalized spacial score (nSPS) is 10.7. The summed E-state index contributed by atoms with van der Waals surface area (Å²) in [6.45, 7) is -0.227. The number of nitrogen functional groups attached to an aromatic ring is 1. The number of halogens is 2. The molecule has 3 N–H and O–H groups in total. The number of aliphatic hydroxyl groups excluding tert-OH is 1. The highest BCUT2D eigenvalue weighted by Gasteiger charge is 2.16. The van der Waals surface area contributed by atoms with Crippen molar-refractivity contribution in [1.82, 2.24) is 0 Å². The van der Waals surface area contributed by atoms with E-state index in [0.717, 1.165) is 0 Å². The Kier molecular flexibility index (Phi) is 3.97. The van der Waals surface area contributed by atoms with Crippen LogP contribution in [0.25, 0.3) is 0 Å². The molecule has 0 bridgehead atoms. The number of alkyl halides is 2. The summed E-state index contributed by atoms with van der Waals surface area (Å²) in [5.74, 6) is 0.377. The summed E-state index contributed by atoms with van der Waals surface area (Å²) in [7, 11) is 0. The van der Waals surface area contributed by atoms with Crippen LogP contribution in [-0.4, -0.2) is 5.11 Å². The summed E-state index contributed by atoms with van der Waals surface area (Å²) in [4.78, 5) is 0. The van der Waals surface area contributed by atoms with Gasteiger partial charge >= 0.3 is 0 Å². The first-order chi connectivity index (χ1) is 9.11. The van der Waals surface area contributed by atoms with Crippen LogP contribution in [0, 0.1) is 0 Å². The van der Waals surface area contributed by atoms with Gasteiger partial charge in [-0.2, -0.15) is 0 Å². The first kappa shape index (κ1) is 13.3. The highest BCUT2D eigenvalue weighted by molar-refractivity contribution is 5.50. The van der Waals surface area contributed by atoms with Crippen molar-refractivity contribution < 1.29 is 18.6 Å². The Morgan fingerprint density at radius 1 is 1.11 bits per heavy atom. The molecule has 0 heterocycles. The van der Waals surface area contributed by atoms with E-state index < -0.39 is 6.43 Å². The molecule has 19 heavy (non-hydrogen) atoms. The third-order valence-electron chi connectivity index (χ3n) is 2.63. The number of benzene rings is 2. The molecule has 0 saturated carbocycles. The largest absolute Gasteiger partial charge is 0.456 e. The average molecular weight is 265 g/mol. The number of ether oxygens (including phenoxy) is 1. The predicted octanol–water partition coefficient (Wildman–Crippen LogP) is 3.49. The number of rotatable bonds is 4. The maximum absolute atomic E-state index is 12.9. The van der Waals surface area contributed by atoms with Gasteiger partial charge in [-0.15, -0.1) is 0 Å². The molecule has 5 heteroatoms. The van der Waals surface area contributed by atoms with E-state index in [-0.39, 0.29) is 23.6 Å². The zero-order chi connectivity index (χ0) is 13.8. The van der Waals surface area contributed by atoms with Crippen molar-refractivity contribution in [3.05, 3.63) is 53.6 Å². The molecule has 0 atom stereocenters. The maximum atomic E-state index is 12.9. The van der Waals surface area contributed by atoms with E-state index in [1.165, 1.54) is 18.2 Å². The van der Waals surface area contributed by atoms with Crippen LogP contribution < -0.4 is 10.5 Å². The van der Waals surface area contributed by atoms with Crippen molar-refractivity contribution >= 4 is 5.69 Å². The summed E-state index contributed by atoms with van der Waals surface area (Å²) < 4.78 is 31.3. The Balaban J connectivity index is 2.38. The molecule has 0 radical (unpaired) electrons. The number of para-hydroxylation sites is 1. The molecule has 0 aromatic heterocycles. The number of hydrogen-bond acceptors (Lipinski definition) is 3. The third kappa shape index (κ3) is 3.00. The third-order valence-corrected chi connectivity index (χ3v) is 2.63. The first-order valence-electron chi connectivity index (χ1n) is 5.66. The van der Waals surface area contributed by atoms with E-state index in [9.17, 15) is 13.9 Å². The Bertz CT molecular complexity index is 573. The van der Waals surface area contributed by atoms with Crippen LogP contribution in [0.4, 0.5) is 14.5 Å². The van der Waals surface area contributed by atoms with Crippen molar-refractivity contribution in [2.24, 2.45) is 0 Å². The van der Waals surface area contributed by atoms with Gasteiger partial charge in [0.1, 0.15) is 11.5 Å². The number of anilines is 1. The van der Waals surface area contributed by atoms with Crippen molar-refractivity contribution in [1.29, 1.82) is 0 Å². The SMILES string of the molecule is Nc1ccc(Oc2ccccc2CO)c(C(F)F)c1. The molecule has 0 amide bonds. The van der Waals surface area contributed by atoms with Crippen LogP contribution in [0.5, 0.6) is 11.5 Å². The van der Waals surface area contributed by atoms with Crippen LogP contribution in [0.3, 0.4) is 0 Å². The second kappa shape index (κ2) is 5.67. The van der Waals surface area contributed by atoms with Crippen molar-refractivity contribution in [2.75, 3.05) is 5.73 Å². The molecule has 0 fully saturated rings. The van der Waals surface area contributed by atoms with Gasteiger partial charge in [-0.25, -0.2) is 8.78 Å². The molecule has 0 saturated heterocycles. The zero-order valence-electron chi connectivity index (χ0n) is 10.0. The molecule has 0 aliphatic carbocycles. The van der Waals surface area contributed by atoms with E-state index in [2.05, 4.69) is 0 Å². The molecule has 3 nitrogen and oxygen atoms in total. The van der Waals surface area contributed by atoms with Crippen molar-refractivity contribution in [3.8, 4) is 11.5 Å². The molecule has 100 valence electrons. The summed E-state index contributed by atoms with van der Waals surface area (Å²) in [5.41, 5.74) is 5.99. The first-order valence-corrected chi connectivity index (χ1v) is 5.66. The quantitative estimate of drug-likeness (QED) is 0.832. The fourth-order valence-electron chi connectivity index (χ4n) is 1.68. The maximum Gasteiger partial charge on any atom is 0.267 e. The molecular formula is C14H13F2NO2. The molecule has 0 aliphatic heterocycles. The second-order valence-corrected chi connectivity index (χ2v) is 3.97. The van der Waals surface area contributed by atoms with Gasteiger partial charge in [0.05, 0.1) is 12.2 Å². The van der Waals surface area contributed by atoms with Crippen molar-refractivity contribution in [3.63, 3.8) is 0 Å². The molecule has 0 aliphatic rings. The lowest BCUT2D eigenvalue weighted by Crippen LogP contribution is -1.97. The van der Waals surface area contributed by atoms with Gasteiger partial charge in [-0.3, -0.25) is 0 Å². The zero-order valence-corrected chi connectivity index (χ0v) is 10.0. The van der Waals surface area contributed by atoms with Crippen LogP contribution in [0.1, 0.15) is 17.6 Å². The Morgan fingerprint density at radius 2 is 1.84 bits per heavy atom. The fourth-order valence-corrected chi connectivity index (χ4v) is 1.68. The molecule has 0 unspecified atom stereocenters. The van der Waals surface area contributed by atoms with E-state index in [4.69, 9.17) is 10.5 Å². The minimum Gasteiger partial charge on any atom is -0.456 e. The van der Waals surface area contributed by atoms with Crippen LogP contribution in [0.2, 0.25) is 0 Å². The van der Waals surface area contributed by atoms with Gasteiger partial charge in [0.15, 0.2) is 0 Å². The van der Waals surface area contributed by atoms with Gasteiger partial charge in [0, 0.05) is 11.3 Å². The summed E-state index contributed by atoms with van der Waals surface area (Å²) in [5, 5.41) is 9.17. The number of nitrogens with two attached hydrogens (primary N) is 1. The summed E-state index contributed by atoms with van der Waals surface area (Å²) in [6.07, 6.45) is -2.68. The van der Waals surface area contributed by atoms with Gasteiger partial charge < -0.3 is 15.6 Å². The summed E-state index contributed by atoms with van der Waals surface area (Å²) in [6, 6.07) is 10.8. The highest BCUT2D eigenvalue weighted by Crippen LogP contribution is 2.34. The van der Waals surface area contributed by atoms with E-state index >= 15 is 0 Å². The second-order valence-electron chi connectivity index (χ2n) is 3.97. The topological polar surface area (TPSA) is 55.5 Å². The lowest BCUT2D eigenvalue weighted by Gasteiger charge is -2.13. The van der Waals surface area contributed by atoms with E-state index in [0.29, 0.717) is 11.3 Å². The molecule has 2 rings (SSSR count). The number of aliphatic hydroxyl groups is 1. The lowest BCUT2D eigenvalue weighted by atomic mass is 10.1. The Labute approximate surface area is 109 Å². The van der Waals surface area contributed by atoms with Gasteiger partial charge in [0.2, 0.25) is 0 Å². The standard InChI is InChI=1S/C14H13F2NO2/c15-14(16)11-7-10(17)5-6-13(11)19-12-4-2-1-3-9(12)8-18/h1-7,14,18H,8,17H2. The van der Waals surface area contributed by atoms with Crippen LogP contribution in [-0.2, 0) is 6.61 Å². The smallest absolute Gasteiger partial charge is 0.267 e. The van der Waals surface area contributed by atoms with Gasteiger partial charge in [-0.05, 0) is 24.3 Å². The molecule has 2 aromatic rings. The van der Waals surface area contributed by atoms with Crippen molar-refractivity contribution in [2.45, 2.75) is 13.0 Å². The number of hydrogen-bond donors (Lipinski definition) is 2. The van der Waals surface area contributed by atoms with Gasteiger partial charge in [-0.1, -0.05) is 18.2 Å². The van der Waals surface area contributed by atoms with Gasteiger partial charge in [0.25, 0.3) is 6.43 Å². The van der Waals surface area contributed by atoms with Crippen LogP contribution in [0.15, 0.2) is 42.5 Å². The average Bonchev–Trinajstić information content (AvgIpc) is 2.41. The minimum atomic E-state index is -2.68.